The van der Waals surface area contributed by atoms with Gasteiger partial charge >= 0.3 is 0 Å². The van der Waals surface area contributed by atoms with Crippen molar-refractivity contribution in [1.29, 1.82) is 0 Å². The van der Waals surface area contributed by atoms with Crippen molar-refractivity contribution >= 4 is 28.3 Å². The van der Waals surface area contributed by atoms with E-state index in [0.717, 1.165) is 16.3 Å². The zero-order valence-electron chi connectivity index (χ0n) is 15.0. The van der Waals surface area contributed by atoms with Gasteiger partial charge in [0.2, 0.25) is 5.91 Å². The molecule has 0 aliphatic carbocycles. The molecular weight excluding hydrogens is 342 g/mol. The van der Waals surface area contributed by atoms with Gasteiger partial charge in [-0.1, -0.05) is 54.6 Å². The van der Waals surface area contributed by atoms with Gasteiger partial charge in [-0.2, -0.15) is 0 Å². The van der Waals surface area contributed by atoms with E-state index in [1.54, 1.807) is 13.2 Å². The van der Waals surface area contributed by atoms with Crippen LogP contribution >= 0.6 is 0 Å². The van der Waals surface area contributed by atoms with Gasteiger partial charge in [0, 0.05) is 0 Å². The molecule has 2 amide bonds. The minimum absolute atomic E-state index is 0.0105. The molecule has 3 aromatic rings. The Kier molecular flexibility index (Phi) is 5.89. The van der Waals surface area contributed by atoms with Crippen molar-refractivity contribution in [2.75, 3.05) is 19.0 Å². The average Bonchev–Trinajstić information content (AvgIpc) is 2.70. The minimum Gasteiger partial charge on any atom is -0.495 e. The van der Waals surface area contributed by atoms with Crippen molar-refractivity contribution in [3.63, 3.8) is 0 Å². The largest absolute Gasteiger partial charge is 0.495 e. The Balaban J connectivity index is 1.47. The predicted molar refractivity (Wildman–Crippen MR) is 105 cm³/mol. The average molecular weight is 363 g/mol. The monoisotopic (exact) mass is 363 g/mol. The summed E-state index contributed by atoms with van der Waals surface area (Å²) in [6.45, 7) is 0.0105. The molecule has 6 heteroatoms. The molecule has 0 aliphatic heterocycles. The van der Waals surface area contributed by atoms with Crippen LogP contribution in [0.5, 0.6) is 5.75 Å². The van der Waals surface area contributed by atoms with Crippen LogP contribution in [0.2, 0.25) is 0 Å². The van der Waals surface area contributed by atoms with Crippen LogP contribution in [0.3, 0.4) is 0 Å². The first-order valence-corrected chi connectivity index (χ1v) is 8.58. The Morgan fingerprint density at radius 3 is 2.37 bits per heavy atom. The quantitative estimate of drug-likeness (QED) is 0.588. The van der Waals surface area contributed by atoms with Crippen molar-refractivity contribution < 1.29 is 14.3 Å². The van der Waals surface area contributed by atoms with Crippen LogP contribution in [0, 0.1) is 0 Å². The molecule has 0 radical (unpaired) electrons. The van der Waals surface area contributed by atoms with E-state index in [4.69, 9.17) is 4.74 Å². The number of ether oxygens (including phenoxy) is 1. The lowest BCUT2D eigenvalue weighted by atomic mass is 10.1. The Hall–Kier alpha value is -3.54. The van der Waals surface area contributed by atoms with E-state index >= 15 is 0 Å². The van der Waals surface area contributed by atoms with Gasteiger partial charge in [-0.3, -0.25) is 20.4 Å². The second-order valence-electron chi connectivity index (χ2n) is 6.01. The molecule has 0 heterocycles. The third kappa shape index (κ3) is 4.98. The lowest BCUT2D eigenvalue weighted by Crippen LogP contribution is -2.44. The number of para-hydroxylation sites is 2. The third-order valence-corrected chi connectivity index (χ3v) is 4.07. The maximum Gasteiger partial charge on any atom is 0.257 e. The summed E-state index contributed by atoms with van der Waals surface area (Å²) >= 11 is 0. The second kappa shape index (κ2) is 8.71. The van der Waals surface area contributed by atoms with Gasteiger partial charge in [-0.25, -0.2) is 0 Å². The van der Waals surface area contributed by atoms with Gasteiger partial charge < -0.3 is 10.1 Å². The summed E-state index contributed by atoms with van der Waals surface area (Å²) in [6.07, 6.45) is 0.186. The Morgan fingerprint density at radius 2 is 1.56 bits per heavy atom. The minimum atomic E-state index is -0.354. The second-order valence-corrected chi connectivity index (χ2v) is 6.01. The number of methoxy groups -OCH3 is 1. The molecule has 27 heavy (non-hydrogen) atoms. The van der Waals surface area contributed by atoms with Gasteiger partial charge in [0.15, 0.2) is 0 Å². The summed E-state index contributed by atoms with van der Waals surface area (Å²) in [5.41, 5.74) is 6.43. The van der Waals surface area contributed by atoms with Crippen molar-refractivity contribution in [3.05, 3.63) is 72.3 Å². The number of amides is 2. The van der Waals surface area contributed by atoms with Crippen LogP contribution in [0.15, 0.2) is 66.7 Å². The fourth-order valence-electron chi connectivity index (χ4n) is 2.73. The van der Waals surface area contributed by atoms with Crippen LogP contribution < -0.4 is 20.9 Å². The molecule has 0 saturated carbocycles. The summed E-state index contributed by atoms with van der Waals surface area (Å²) in [5, 5.41) is 5.17. The van der Waals surface area contributed by atoms with Gasteiger partial charge in [0.05, 0.1) is 25.8 Å². The van der Waals surface area contributed by atoms with E-state index in [9.17, 15) is 9.59 Å². The zero-order valence-corrected chi connectivity index (χ0v) is 15.0. The SMILES string of the molecule is COc1ccccc1NCC(=O)NNC(=O)Cc1ccc2ccccc2c1. The predicted octanol–water partition coefficient (Wildman–Crippen LogP) is 2.65. The standard InChI is InChI=1S/C21H21N3O3/c1-27-19-9-5-4-8-18(19)22-14-21(26)24-23-20(25)13-15-10-11-16-6-2-3-7-17(16)12-15/h2-12,22H,13-14H2,1H3,(H,23,25)(H,24,26). The van der Waals surface area contributed by atoms with Gasteiger partial charge in [-0.15, -0.1) is 0 Å². The van der Waals surface area contributed by atoms with Gasteiger partial charge in [0.1, 0.15) is 5.75 Å². The van der Waals surface area contributed by atoms with Gasteiger partial charge in [0.25, 0.3) is 5.91 Å². The Labute approximate surface area is 157 Å². The number of carbonyl (C=O) groups is 2. The molecule has 0 bridgehead atoms. The van der Waals surface area contributed by atoms with Crippen LogP contribution in [0.1, 0.15) is 5.56 Å². The Bertz CT molecular complexity index is 956. The maximum absolute atomic E-state index is 12.1. The molecule has 138 valence electrons. The summed E-state index contributed by atoms with van der Waals surface area (Å²) < 4.78 is 5.21. The summed E-state index contributed by atoms with van der Waals surface area (Å²) in [5.74, 6) is 0.00864. The highest BCUT2D eigenvalue weighted by atomic mass is 16.5. The topological polar surface area (TPSA) is 79.5 Å². The van der Waals surface area contributed by atoms with Crippen molar-refractivity contribution in [2.45, 2.75) is 6.42 Å². The summed E-state index contributed by atoms with van der Waals surface area (Å²) in [4.78, 5) is 24.0. The molecule has 0 aromatic heterocycles. The lowest BCUT2D eigenvalue weighted by molar-refractivity contribution is -0.127. The fourth-order valence-corrected chi connectivity index (χ4v) is 2.73. The first kappa shape index (κ1) is 18.3. The van der Waals surface area contributed by atoms with E-state index in [1.807, 2.05) is 60.7 Å². The summed E-state index contributed by atoms with van der Waals surface area (Å²) in [7, 11) is 1.56. The Morgan fingerprint density at radius 1 is 0.852 bits per heavy atom. The highest BCUT2D eigenvalue weighted by Crippen LogP contribution is 2.22. The van der Waals surface area contributed by atoms with Crippen molar-refractivity contribution in [2.24, 2.45) is 0 Å². The number of carbonyl (C=O) groups excluding carboxylic acids is 2. The third-order valence-electron chi connectivity index (χ3n) is 4.07. The molecule has 0 aliphatic rings. The molecule has 3 aromatic carbocycles. The molecule has 0 spiro atoms. The number of hydrogen-bond acceptors (Lipinski definition) is 4. The lowest BCUT2D eigenvalue weighted by Gasteiger charge is -2.11. The van der Waals surface area contributed by atoms with Crippen LogP contribution in [-0.4, -0.2) is 25.5 Å². The first-order valence-electron chi connectivity index (χ1n) is 8.58. The van der Waals surface area contributed by atoms with Crippen LogP contribution in [0.25, 0.3) is 10.8 Å². The number of nitrogens with one attached hydrogen (secondary N) is 3. The fraction of sp³-hybridized carbons (Fsp3) is 0.143. The molecule has 3 N–H and O–H groups in total. The van der Waals surface area contributed by atoms with Crippen molar-refractivity contribution in [1.82, 2.24) is 10.9 Å². The molecule has 0 atom stereocenters. The number of hydrogen-bond donors (Lipinski definition) is 3. The molecule has 0 saturated heterocycles. The van der Waals surface area contributed by atoms with E-state index in [1.165, 1.54) is 0 Å². The molecule has 6 nitrogen and oxygen atoms in total. The van der Waals surface area contributed by atoms with Gasteiger partial charge in [-0.05, 0) is 28.5 Å². The van der Waals surface area contributed by atoms with Crippen molar-refractivity contribution in [3.8, 4) is 5.75 Å². The number of benzene rings is 3. The molecule has 3 rings (SSSR count). The zero-order chi connectivity index (χ0) is 19.1. The highest BCUT2D eigenvalue weighted by molar-refractivity contribution is 5.87. The van der Waals surface area contributed by atoms with E-state index in [-0.39, 0.29) is 24.8 Å². The van der Waals surface area contributed by atoms with E-state index in [2.05, 4.69) is 16.2 Å². The number of fused-ring (bicyclic) bond motifs is 1. The van der Waals surface area contributed by atoms with E-state index < -0.39 is 0 Å². The molecule has 0 unspecified atom stereocenters. The highest BCUT2D eigenvalue weighted by Gasteiger charge is 2.08. The maximum atomic E-state index is 12.1. The molecule has 0 fully saturated rings. The number of rotatable bonds is 6. The van der Waals surface area contributed by atoms with Crippen LogP contribution in [0.4, 0.5) is 5.69 Å². The number of anilines is 1. The normalized spacial score (nSPS) is 10.3. The first-order chi connectivity index (χ1) is 13.2. The molecular formula is C21H21N3O3. The smallest absolute Gasteiger partial charge is 0.257 e. The summed E-state index contributed by atoms with van der Waals surface area (Å²) in [6, 6.07) is 21.1. The number of hydrazine groups is 1. The van der Waals surface area contributed by atoms with E-state index in [0.29, 0.717) is 11.4 Å². The van der Waals surface area contributed by atoms with Crippen LogP contribution in [-0.2, 0) is 16.0 Å².